The molecule has 1 amide bonds. The van der Waals surface area contributed by atoms with Crippen LogP contribution in [0.2, 0.25) is 0 Å². The summed E-state index contributed by atoms with van der Waals surface area (Å²) in [7, 11) is 0. The maximum atomic E-state index is 11.9. The van der Waals surface area contributed by atoms with E-state index in [-0.39, 0.29) is 5.91 Å². The largest absolute Gasteiger partial charge is 0.399 e. The van der Waals surface area contributed by atoms with Gasteiger partial charge in [0.15, 0.2) is 0 Å². The number of rotatable bonds is 3. The lowest BCUT2D eigenvalue weighted by molar-refractivity contribution is -0.111. The van der Waals surface area contributed by atoms with Gasteiger partial charge in [-0.2, -0.15) is 5.26 Å². The molecule has 3 N–H and O–H groups in total. The highest BCUT2D eigenvalue weighted by Gasteiger charge is 2.13. The van der Waals surface area contributed by atoms with Crippen molar-refractivity contribution in [3.8, 4) is 6.07 Å². The van der Waals surface area contributed by atoms with E-state index in [1.165, 1.54) is 17.4 Å². The minimum absolute atomic E-state index is 0.260. The molecule has 1 heterocycles. The highest BCUT2D eigenvalue weighted by atomic mass is 32.1. The summed E-state index contributed by atoms with van der Waals surface area (Å²) in [5.41, 5.74) is 8.62. The average Bonchev–Trinajstić information content (AvgIpc) is 2.72. The lowest BCUT2D eigenvalue weighted by Gasteiger charge is -1.99. The molecule has 1 aromatic heterocycles. The quantitative estimate of drug-likeness (QED) is 0.672. The highest BCUT2D eigenvalue weighted by Crippen LogP contribution is 2.31. The van der Waals surface area contributed by atoms with Crippen molar-refractivity contribution >= 4 is 34.0 Å². The van der Waals surface area contributed by atoms with Crippen LogP contribution in [-0.4, -0.2) is 5.91 Å². The van der Waals surface area contributed by atoms with Gasteiger partial charge < -0.3 is 11.1 Å². The van der Waals surface area contributed by atoms with Gasteiger partial charge in [-0.15, -0.1) is 11.3 Å². The van der Waals surface area contributed by atoms with Crippen LogP contribution in [0.4, 0.5) is 10.7 Å². The molecule has 0 aliphatic carbocycles. The summed E-state index contributed by atoms with van der Waals surface area (Å²) in [5, 5.41) is 12.5. The normalized spacial score (nSPS) is 10.5. The number of thiophene rings is 1. The fraction of sp³-hybridized carbons (Fsp3) is 0.125. The predicted molar refractivity (Wildman–Crippen MR) is 87.0 cm³/mol. The molecule has 0 saturated carbocycles. The van der Waals surface area contributed by atoms with Gasteiger partial charge >= 0.3 is 0 Å². The third kappa shape index (κ3) is 3.50. The van der Waals surface area contributed by atoms with Crippen LogP contribution < -0.4 is 11.1 Å². The molecule has 0 fully saturated rings. The summed E-state index contributed by atoms with van der Waals surface area (Å²) in [4.78, 5) is 12.9. The third-order valence-corrected chi connectivity index (χ3v) is 4.22. The number of aryl methyl sites for hydroxylation is 1. The maximum absolute atomic E-state index is 11.9. The lowest BCUT2D eigenvalue weighted by atomic mass is 10.2. The second-order valence-corrected chi connectivity index (χ2v) is 5.81. The molecule has 0 saturated heterocycles. The Bertz CT molecular complexity index is 736. The van der Waals surface area contributed by atoms with E-state index < -0.39 is 0 Å². The smallest absolute Gasteiger partial charge is 0.249 e. The Labute approximate surface area is 127 Å². The summed E-state index contributed by atoms with van der Waals surface area (Å²) in [5.74, 6) is -0.260. The van der Waals surface area contributed by atoms with E-state index in [1.807, 2.05) is 26.0 Å². The van der Waals surface area contributed by atoms with Crippen LogP contribution in [0.3, 0.4) is 0 Å². The zero-order valence-corrected chi connectivity index (χ0v) is 12.6. The van der Waals surface area contributed by atoms with Crippen molar-refractivity contribution < 1.29 is 4.79 Å². The van der Waals surface area contributed by atoms with Gasteiger partial charge in [-0.3, -0.25) is 4.79 Å². The van der Waals surface area contributed by atoms with Crippen LogP contribution >= 0.6 is 11.3 Å². The summed E-state index contributed by atoms with van der Waals surface area (Å²) in [6.45, 7) is 3.81. The van der Waals surface area contributed by atoms with E-state index in [4.69, 9.17) is 11.0 Å². The van der Waals surface area contributed by atoms with Gasteiger partial charge in [0.05, 0.1) is 5.56 Å². The summed E-state index contributed by atoms with van der Waals surface area (Å²) in [6.07, 6.45) is 3.14. The van der Waals surface area contributed by atoms with Gasteiger partial charge in [0.1, 0.15) is 11.1 Å². The molecule has 0 spiro atoms. The first kappa shape index (κ1) is 14.8. The first-order chi connectivity index (χ1) is 10.0. The number of anilines is 2. The fourth-order valence-electron chi connectivity index (χ4n) is 1.78. The highest BCUT2D eigenvalue weighted by molar-refractivity contribution is 7.16. The molecule has 0 bridgehead atoms. The Kier molecular flexibility index (Phi) is 4.41. The van der Waals surface area contributed by atoms with Crippen LogP contribution in [0.15, 0.2) is 30.3 Å². The van der Waals surface area contributed by atoms with E-state index in [9.17, 15) is 4.79 Å². The van der Waals surface area contributed by atoms with Gasteiger partial charge in [-0.1, -0.05) is 12.1 Å². The molecule has 0 unspecified atom stereocenters. The Morgan fingerprint density at radius 1 is 1.33 bits per heavy atom. The number of benzene rings is 1. The Hall–Kier alpha value is -2.58. The summed E-state index contributed by atoms with van der Waals surface area (Å²) < 4.78 is 0. The number of nitrogens with zero attached hydrogens (tertiary/aromatic N) is 1. The van der Waals surface area contributed by atoms with Crippen molar-refractivity contribution in [2.45, 2.75) is 13.8 Å². The van der Waals surface area contributed by atoms with Gasteiger partial charge in [-0.25, -0.2) is 0 Å². The average molecular weight is 297 g/mol. The van der Waals surface area contributed by atoms with E-state index in [1.54, 1.807) is 18.2 Å². The molecule has 1 aromatic carbocycles. The number of nitrogens with two attached hydrogens (primary N) is 1. The van der Waals surface area contributed by atoms with Gasteiger partial charge in [0, 0.05) is 16.6 Å². The van der Waals surface area contributed by atoms with Crippen molar-refractivity contribution in [2.24, 2.45) is 0 Å². The van der Waals surface area contributed by atoms with Crippen LogP contribution in [0.1, 0.15) is 21.6 Å². The maximum Gasteiger partial charge on any atom is 0.249 e. The first-order valence-corrected chi connectivity index (χ1v) is 7.17. The van der Waals surface area contributed by atoms with Crippen molar-refractivity contribution in [2.75, 3.05) is 11.1 Å². The fourth-order valence-corrected chi connectivity index (χ4v) is 2.80. The topological polar surface area (TPSA) is 78.9 Å². The molecule has 106 valence electrons. The van der Waals surface area contributed by atoms with E-state index >= 15 is 0 Å². The number of nitrogens with one attached hydrogen (secondary N) is 1. The molecule has 4 nitrogen and oxygen atoms in total. The molecule has 21 heavy (non-hydrogen) atoms. The Morgan fingerprint density at radius 3 is 2.62 bits per heavy atom. The number of carbonyl (C=O) groups excluding carboxylic acids is 1. The van der Waals surface area contributed by atoms with Crippen LogP contribution in [0, 0.1) is 25.2 Å². The SMILES string of the molecule is Cc1sc(NC(=O)/C=C/c2ccc(N)cc2)c(C#N)c1C. The molecule has 0 aliphatic rings. The summed E-state index contributed by atoms with van der Waals surface area (Å²) >= 11 is 1.41. The van der Waals surface area contributed by atoms with E-state index in [2.05, 4.69) is 11.4 Å². The number of nitrogen functional groups attached to an aromatic ring is 1. The number of hydrogen-bond acceptors (Lipinski definition) is 4. The van der Waals surface area contributed by atoms with Crippen LogP contribution in [0.5, 0.6) is 0 Å². The second kappa shape index (κ2) is 6.25. The van der Waals surface area contributed by atoms with Crippen molar-refractivity contribution in [1.29, 1.82) is 5.26 Å². The van der Waals surface area contributed by atoms with Gasteiger partial charge in [0.25, 0.3) is 0 Å². The Morgan fingerprint density at radius 2 is 2.00 bits per heavy atom. The predicted octanol–water partition coefficient (Wildman–Crippen LogP) is 3.47. The van der Waals surface area contributed by atoms with Crippen molar-refractivity contribution in [1.82, 2.24) is 0 Å². The van der Waals surface area contributed by atoms with Crippen LogP contribution in [0.25, 0.3) is 6.08 Å². The summed E-state index contributed by atoms with van der Waals surface area (Å²) in [6, 6.07) is 9.34. The second-order valence-electron chi connectivity index (χ2n) is 4.59. The van der Waals surface area contributed by atoms with E-state index in [0.717, 1.165) is 16.0 Å². The number of nitriles is 1. The minimum Gasteiger partial charge on any atom is -0.399 e. The molecular weight excluding hydrogens is 282 g/mol. The molecule has 5 heteroatoms. The van der Waals surface area contributed by atoms with Crippen molar-refractivity contribution in [3.63, 3.8) is 0 Å². The third-order valence-electron chi connectivity index (χ3n) is 3.10. The molecule has 2 rings (SSSR count). The number of hydrogen-bond donors (Lipinski definition) is 2. The minimum atomic E-state index is -0.260. The van der Waals surface area contributed by atoms with Crippen LogP contribution in [-0.2, 0) is 4.79 Å². The monoisotopic (exact) mass is 297 g/mol. The zero-order valence-electron chi connectivity index (χ0n) is 11.8. The molecule has 2 aromatic rings. The van der Waals surface area contributed by atoms with Gasteiger partial charge in [-0.05, 0) is 43.2 Å². The molecule has 0 aliphatic heterocycles. The standard InChI is InChI=1S/C16H15N3OS/c1-10-11(2)21-16(14(10)9-17)19-15(20)8-5-12-3-6-13(18)7-4-12/h3-8H,18H2,1-2H3,(H,19,20)/b8-5+. The van der Waals surface area contributed by atoms with E-state index in [0.29, 0.717) is 16.3 Å². The number of carbonyl (C=O) groups is 1. The Balaban J connectivity index is 2.10. The first-order valence-electron chi connectivity index (χ1n) is 6.36. The lowest BCUT2D eigenvalue weighted by Crippen LogP contribution is -2.07. The zero-order chi connectivity index (χ0) is 15.4. The molecule has 0 radical (unpaired) electrons. The molecular formula is C16H15N3OS. The van der Waals surface area contributed by atoms with Crippen molar-refractivity contribution in [3.05, 3.63) is 51.9 Å². The molecule has 0 atom stereocenters. The van der Waals surface area contributed by atoms with Gasteiger partial charge in [0.2, 0.25) is 5.91 Å². The number of amides is 1.